The molecule has 2 aromatic heterocycles. The van der Waals surface area contributed by atoms with Crippen LogP contribution in [-0.2, 0) is 16.9 Å². The van der Waals surface area contributed by atoms with Crippen molar-refractivity contribution in [2.24, 2.45) is 0 Å². The Labute approximate surface area is 181 Å². The molecule has 4 heterocycles. The maximum atomic E-state index is 13.1. The quantitative estimate of drug-likeness (QED) is 0.314. The number of para-hydroxylation sites is 1. The average Bonchev–Trinajstić information content (AvgIpc) is 3.35. The minimum atomic E-state index is -0.995. The Balaban J connectivity index is 1.61. The van der Waals surface area contributed by atoms with Gasteiger partial charge in [-0.25, -0.2) is 4.79 Å². The van der Waals surface area contributed by atoms with Gasteiger partial charge < -0.3 is 13.9 Å². The van der Waals surface area contributed by atoms with E-state index >= 15 is 0 Å². The summed E-state index contributed by atoms with van der Waals surface area (Å²) in [6.45, 7) is 0. The van der Waals surface area contributed by atoms with Gasteiger partial charge in [-0.15, -0.1) is 0 Å². The number of benzene rings is 3. The van der Waals surface area contributed by atoms with Crippen LogP contribution in [0.25, 0.3) is 21.7 Å². The first kappa shape index (κ1) is 17.3. The molecule has 2 bridgehead atoms. The van der Waals surface area contributed by atoms with Crippen molar-refractivity contribution in [2.75, 3.05) is 0 Å². The molecule has 7 rings (SSSR count). The topological polar surface area (TPSA) is 48.7 Å². The summed E-state index contributed by atoms with van der Waals surface area (Å²) in [4.78, 5) is 13.1. The average molecular weight is 424 g/mol. The molecule has 0 fully saturated rings. The lowest BCUT2D eigenvalue weighted by molar-refractivity contribution is -0.236. The zero-order valence-corrected chi connectivity index (χ0v) is 17.1. The van der Waals surface area contributed by atoms with Gasteiger partial charge in [-0.2, -0.15) is 11.3 Å². The van der Waals surface area contributed by atoms with E-state index in [0.717, 1.165) is 32.8 Å². The van der Waals surface area contributed by atoms with Crippen LogP contribution in [0.5, 0.6) is 5.75 Å². The highest BCUT2D eigenvalue weighted by Gasteiger charge is 2.51. The van der Waals surface area contributed by atoms with Crippen molar-refractivity contribution in [2.45, 2.75) is 18.3 Å². The van der Waals surface area contributed by atoms with Crippen molar-refractivity contribution < 1.29 is 13.9 Å². The van der Waals surface area contributed by atoms with E-state index in [1.807, 2.05) is 41.8 Å². The second-order valence-electron chi connectivity index (χ2n) is 8.02. The molecule has 0 N–H and O–H groups in total. The van der Waals surface area contributed by atoms with Crippen LogP contribution >= 0.6 is 11.3 Å². The molecular weight excluding hydrogens is 408 g/mol. The third-order valence-electron chi connectivity index (χ3n) is 6.37. The fourth-order valence-corrected chi connectivity index (χ4v) is 5.65. The maximum absolute atomic E-state index is 13.1. The lowest BCUT2D eigenvalue weighted by Crippen LogP contribution is -2.47. The molecule has 0 spiro atoms. The van der Waals surface area contributed by atoms with Crippen LogP contribution in [0.2, 0.25) is 0 Å². The Kier molecular flexibility index (Phi) is 3.38. The van der Waals surface area contributed by atoms with Gasteiger partial charge >= 0.3 is 5.63 Å². The van der Waals surface area contributed by atoms with Crippen molar-refractivity contribution in [1.29, 1.82) is 0 Å². The van der Waals surface area contributed by atoms with Crippen molar-refractivity contribution in [3.05, 3.63) is 110 Å². The fraction of sp³-hybridized carbons (Fsp3) is 0.115. The van der Waals surface area contributed by atoms with Gasteiger partial charge in [0.25, 0.3) is 0 Å². The van der Waals surface area contributed by atoms with E-state index in [4.69, 9.17) is 13.9 Å². The van der Waals surface area contributed by atoms with Crippen molar-refractivity contribution in [3.63, 3.8) is 0 Å². The van der Waals surface area contributed by atoms with Crippen LogP contribution in [0.3, 0.4) is 0 Å². The predicted molar refractivity (Wildman–Crippen MR) is 120 cm³/mol. The minimum absolute atomic E-state index is 0.418. The standard InChI is InChI=1S/C26H16O4S/c27-25-22-23-18-10-9-15-5-1-2-6-17(15)20(18)13-26(29-23,16-11-12-31-14-16)30-24(22)19-7-3-4-8-21(19)28-25/h1-12,14,23H,13H2. The Morgan fingerprint density at radius 2 is 1.77 bits per heavy atom. The number of ether oxygens (including phenoxy) is 2. The second-order valence-corrected chi connectivity index (χ2v) is 8.80. The molecule has 2 aliphatic heterocycles. The summed E-state index contributed by atoms with van der Waals surface area (Å²) in [6, 6.07) is 22.0. The summed E-state index contributed by atoms with van der Waals surface area (Å²) in [5, 5.41) is 7.19. The highest BCUT2D eigenvalue weighted by atomic mass is 32.1. The van der Waals surface area contributed by atoms with E-state index in [1.54, 1.807) is 17.4 Å². The Morgan fingerprint density at radius 1 is 0.935 bits per heavy atom. The molecule has 31 heavy (non-hydrogen) atoms. The smallest absolute Gasteiger partial charge is 0.346 e. The first-order valence-electron chi connectivity index (χ1n) is 10.2. The maximum Gasteiger partial charge on any atom is 0.346 e. The van der Waals surface area contributed by atoms with E-state index < -0.39 is 17.5 Å². The molecule has 0 amide bonds. The van der Waals surface area contributed by atoms with Crippen LogP contribution in [-0.4, -0.2) is 0 Å². The molecule has 5 aromatic rings. The molecule has 3 aromatic carbocycles. The predicted octanol–water partition coefficient (Wildman–Crippen LogP) is 5.92. The van der Waals surface area contributed by atoms with Crippen molar-refractivity contribution in [3.8, 4) is 5.75 Å². The summed E-state index contributed by atoms with van der Waals surface area (Å²) in [5.74, 6) is -0.432. The second kappa shape index (κ2) is 6.06. The molecule has 2 aliphatic rings. The van der Waals surface area contributed by atoms with Gasteiger partial charge in [-0.05, 0) is 45.5 Å². The monoisotopic (exact) mass is 424 g/mol. The van der Waals surface area contributed by atoms with Crippen LogP contribution in [0.4, 0.5) is 0 Å². The SMILES string of the molecule is O=c1oc2ccccc2c2c1C1OC(c3ccsc3)(Cc3c1ccc1ccccc31)O2. The van der Waals surface area contributed by atoms with E-state index in [9.17, 15) is 4.79 Å². The molecule has 2 atom stereocenters. The number of hydrogen-bond acceptors (Lipinski definition) is 5. The first-order chi connectivity index (χ1) is 15.2. The van der Waals surface area contributed by atoms with Crippen molar-refractivity contribution in [1.82, 2.24) is 0 Å². The van der Waals surface area contributed by atoms with Crippen LogP contribution in [0, 0.1) is 0 Å². The Bertz CT molecular complexity index is 1550. The van der Waals surface area contributed by atoms with Gasteiger partial charge in [0.15, 0.2) is 0 Å². The van der Waals surface area contributed by atoms with Gasteiger partial charge in [-0.3, -0.25) is 0 Å². The minimum Gasteiger partial charge on any atom is -0.456 e. The molecular formula is C26H16O4S. The van der Waals surface area contributed by atoms with E-state index in [-0.39, 0.29) is 0 Å². The molecule has 0 saturated carbocycles. The molecule has 0 radical (unpaired) electrons. The summed E-state index contributed by atoms with van der Waals surface area (Å²) in [6.07, 6.45) is 0.00290. The number of fused-ring (bicyclic) bond motifs is 10. The Morgan fingerprint density at radius 3 is 2.65 bits per heavy atom. The number of thiophene rings is 1. The largest absolute Gasteiger partial charge is 0.456 e. The Hall–Kier alpha value is -3.41. The van der Waals surface area contributed by atoms with Gasteiger partial charge in [0.05, 0.1) is 5.39 Å². The van der Waals surface area contributed by atoms with Crippen molar-refractivity contribution >= 4 is 33.1 Å². The van der Waals surface area contributed by atoms with Crippen LogP contribution in [0.15, 0.2) is 86.7 Å². The highest BCUT2D eigenvalue weighted by Crippen LogP contribution is 2.54. The third kappa shape index (κ3) is 2.30. The lowest BCUT2D eigenvalue weighted by Gasteiger charge is -2.46. The van der Waals surface area contributed by atoms with Gasteiger partial charge in [0.1, 0.15) is 23.0 Å². The van der Waals surface area contributed by atoms with Gasteiger partial charge in [0, 0.05) is 17.4 Å². The normalized spacial score (nSPS) is 21.5. The molecule has 0 aliphatic carbocycles. The number of hydrogen-bond donors (Lipinski definition) is 0. The van der Waals surface area contributed by atoms with Gasteiger partial charge in [-0.1, -0.05) is 48.5 Å². The first-order valence-corrected chi connectivity index (χ1v) is 11.1. The summed E-state index contributed by atoms with van der Waals surface area (Å²) in [5.41, 5.74) is 3.64. The number of rotatable bonds is 1. The zero-order valence-electron chi connectivity index (χ0n) is 16.3. The van der Waals surface area contributed by atoms with Crippen LogP contribution in [0.1, 0.15) is 28.4 Å². The molecule has 0 saturated heterocycles. The molecule has 5 heteroatoms. The molecule has 150 valence electrons. The van der Waals surface area contributed by atoms with E-state index in [1.165, 1.54) is 0 Å². The summed E-state index contributed by atoms with van der Waals surface area (Å²) >= 11 is 1.61. The lowest BCUT2D eigenvalue weighted by atomic mass is 9.82. The summed E-state index contributed by atoms with van der Waals surface area (Å²) < 4.78 is 18.9. The molecule has 2 unspecified atom stereocenters. The zero-order chi connectivity index (χ0) is 20.6. The summed E-state index contributed by atoms with van der Waals surface area (Å²) in [7, 11) is 0. The fourth-order valence-electron chi connectivity index (χ4n) is 4.95. The third-order valence-corrected chi connectivity index (χ3v) is 7.05. The van der Waals surface area contributed by atoms with Gasteiger partial charge in [0.2, 0.25) is 5.79 Å². The van der Waals surface area contributed by atoms with E-state index in [2.05, 4.69) is 29.6 Å². The van der Waals surface area contributed by atoms with Crippen LogP contribution < -0.4 is 10.4 Å². The molecule has 4 nitrogen and oxygen atoms in total. The highest BCUT2D eigenvalue weighted by molar-refractivity contribution is 7.08. The van der Waals surface area contributed by atoms with E-state index in [0.29, 0.717) is 23.3 Å².